The molecule has 0 saturated heterocycles. The maximum atomic E-state index is 13.3. The third-order valence-electron chi connectivity index (χ3n) is 5.15. The van der Waals surface area contributed by atoms with Gasteiger partial charge in [-0.25, -0.2) is 0 Å². The van der Waals surface area contributed by atoms with Crippen molar-refractivity contribution in [2.45, 2.75) is 39.5 Å². The lowest BCUT2D eigenvalue weighted by Crippen LogP contribution is -2.35. The average Bonchev–Trinajstić information content (AvgIpc) is 2.63. The van der Waals surface area contributed by atoms with E-state index in [9.17, 15) is 9.59 Å². The molecular formula is C22H25NO2. The Morgan fingerprint density at radius 1 is 0.840 bits per heavy atom. The van der Waals surface area contributed by atoms with Gasteiger partial charge in [0.25, 0.3) is 0 Å². The molecule has 2 aromatic rings. The highest BCUT2D eigenvalue weighted by Gasteiger charge is 2.32. The zero-order chi connectivity index (χ0) is 17.8. The van der Waals surface area contributed by atoms with Crippen molar-refractivity contribution in [2.24, 2.45) is 11.8 Å². The van der Waals surface area contributed by atoms with Crippen LogP contribution in [0, 0.1) is 18.8 Å². The Labute approximate surface area is 149 Å². The molecule has 0 aliphatic heterocycles. The molecule has 0 atom stereocenters. The summed E-state index contributed by atoms with van der Waals surface area (Å²) in [7, 11) is 0. The zero-order valence-electron chi connectivity index (χ0n) is 14.9. The van der Waals surface area contributed by atoms with Gasteiger partial charge in [-0.15, -0.1) is 0 Å². The summed E-state index contributed by atoms with van der Waals surface area (Å²) in [6.07, 6.45) is 3.22. The Bertz CT molecular complexity index is 746. The Kier molecular flexibility index (Phi) is 5.32. The number of ketones is 1. The summed E-state index contributed by atoms with van der Waals surface area (Å²) in [5, 5.41) is 0. The van der Waals surface area contributed by atoms with E-state index in [1.165, 1.54) is 0 Å². The number of rotatable bonds is 4. The second-order valence-corrected chi connectivity index (χ2v) is 7.01. The molecule has 130 valence electrons. The monoisotopic (exact) mass is 335 g/mol. The van der Waals surface area contributed by atoms with Gasteiger partial charge in [-0.05, 0) is 69.4 Å². The number of hydrogen-bond acceptors (Lipinski definition) is 2. The van der Waals surface area contributed by atoms with Gasteiger partial charge in [0.1, 0.15) is 5.78 Å². The van der Waals surface area contributed by atoms with Crippen molar-refractivity contribution >= 4 is 23.1 Å². The molecule has 0 heterocycles. The second kappa shape index (κ2) is 7.64. The van der Waals surface area contributed by atoms with E-state index < -0.39 is 0 Å². The van der Waals surface area contributed by atoms with Crippen LogP contribution in [0.25, 0.3) is 0 Å². The summed E-state index contributed by atoms with van der Waals surface area (Å²) in [6.45, 7) is 3.70. The van der Waals surface area contributed by atoms with Crippen molar-refractivity contribution in [1.29, 1.82) is 0 Å². The summed E-state index contributed by atoms with van der Waals surface area (Å²) in [5.41, 5.74) is 2.93. The summed E-state index contributed by atoms with van der Waals surface area (Å²) >= 11 is 0. The van der Waals surface area contributed by atoms with Gasteiger partial charge in [0.05, 0.1) is 0 Å². The fourth-order valence-electron chi connectivity index (χ4n) is 3.68. The van der Waals surface area contributed by atoms with E-state index in [4.69, 9.17) is 0 Å². The second-order valence-electron chi connectivity index (χ2n) is 7.01. The average molecular weight is 335 g/mol. The molecule has 1 aliphatic carbocycles. The van der Waals surface area contributed by atoms with Crippen molar-refractivity contribution in [3.8, 4) is 0 Å². The van der Waals surface area contributed by atoms with Gasteiger partial charge in [0, 0.05) is 23.2 Å². The molecule has 1 amide bonds. The predicted octanol–water partition coefficient (Wildman–Crippen LogP) is 5.06. The molecule has 3 nitrogen and oxygen atoms in total. The largest absolute Gasteiger partial charge is 0.300 e. The van der Waals surface area contributed by atoms with Crippen molar-refractivity contribution in [2.75, 3.05) is 4.90 Å². The molecule has 0 spiro atoms. The van der Waals surface area contributed by atoms with Crippen LogP contribution in [0.2, 0.25) is 0 Å². The van der Waals surface area contributed by atoms with Crippen LogP contribution in [0.15, 0.2) is 54.6 Å². The number of Topliss-reactive ketones (excluding diaryl/α,β-unsaturated/α-hetero) is 1. The van der Waals surface area contributed by atoms with Crippen molar-refractivity contribution in [1.82, 2.24) is 0 Å². The molecule has 25 heavy (non-hydrogen) atoms. The summed E-state index contributed by atoms with van der Waals surface area (Å²) in [4.78, 5) is 26.8. The SMILES string of the molecule is CC(=O)C1CCC(C(=O)N(c2ccccc2)c2cccc(C)c2)CC1. The van der Waals surface area contributed by atoms with Crippen LogP contribution < -0.4 is 4.90 Å². The minimum absolute atomic E-state index is 0.0173. The minimum atomic E-state index is -0.0173. The van der Waals surface area contributed by atoms with Crippen LogP contribution in [0.1, 0.15) is 38.2 Å². The standard InChI is InChI=1S/C22H25NO2/c1-16-7-6-10-21(15-16)23(20-8-4-3-5-9-20)22(25)19-13-11-18(12-14-19)17(2)24/h3-10,15,18-19H,11-14H2,1-2H3. The molecule has 0 N–H and O–H groups in total. The van der Waals surface area contributed by atoms with E-state index >= 15 is 0 Å². The Morgan fingerprint density at radius 3 is 2.04 bits per heavy atom. The van der Waals surface area contributed by atoms with E-state index in [0.29, 0.717) is 0 Å². The molecule has 1 fully saturated rings. The number of carbonyl (C=O) groups excluding carboxylic acids is 2. The number of anilines is 2. The highest BCUT2D eigenvalue weighted by Crippen LogP contribution is 2.35. The topological polar surface area (TPSA) is 37.4 Å². The fourth-order valence-corrected chi connectivity index (χ4v) is 3.68. The number of nitrogens with zero attached hydrogens (tertiary/aromatic N) is 1. The van der Waals surface area contributed by atoms with Gasteiger partial charge >= 0.3 is 0 Å². The molecule has 0 radical (unpaired) electrons. The lowest BCUT2D eigenvalue weighted by atomic mass is 9.79. The molecule has 3 heteroatoms. The summed E-state index contributed by atoms with van der Waals surface area (Å²) < 4.78 is 0. The first-order valence-corrected chi connectivity index (χ1v) is 9.02. The Hall–Kier alpha value is -2.42. The van der Waals surface area contributed by atoms with Crippen LogP contribution in [0.5, 0.6) is 0 Å². The summed E-state index contributed by atoms with van der Waals surface area (Å²) in [6, 6.07) is 17.9. The van der Waals surface area contributed by atoms with Crippen LogP contribution >= 0.6 is 0 Å². The molecular weight excluding hydrogens is 310 g/mol. The number of benzene rings is 2. The summed E-state index contributed by atoms with van der Waals surface area (Å²) in [5.74, 6) is 0.507. The molecule has 0 aromatic heterocycles. The van der Waals surface area contributed by atoms with Gasteiger partial charge in [0.15, 0.2) is 0 Å². The van der Waals surface area contributed by atoms with Crippen LogP contribution in [-0.2, 0) is 9.59 Å². The lowest BCUT2D eigenvalue weighted by Gasteiger charge is -2.31. The van der Waals surface area contributed by atoms with E-state index in [1.807, 2.05) is 66.4 Å². The molecule has 1 saturated carbocycles. The number of hydrogen-bond donors (Lipinski definition) is 0. The predicted molar refractivity (Wildman–Crippen MR) is 101 cm³/mol. The third kappa shape index (κ3) is 3.98. The molecule has 0 unspecified atom stereocenters. The quantitative estimate of drug-likeness (QED) is 0.783. The van der Waals surface area contributed by atoms with Gasteiger partial charge in [0.2, 0.25) is 5.91 Å². The highest BCUT2D eigenvalue weighted by atomic mass is 16.2. The van der Waals surface area contributed by atoms with Gasteiger partial charge in [-0.3, -0.25) is 14.5 Å². The number of aryl methyl sites for hydroxylation is 1. The van der Waals surface area contributed by atoms with Gasteiger partial charge < -0.3 is 0 Å². The first-order valence-electron chi connectivity index (χ1n) is 9.02. The van der Waals surface area contributed by atoms with E-state index in [-0.39, 0.29) is 23.5 Å². The van der Waals surface area contributed by atoms with Crippen LogP contribution in [0.3, 0.4) is 0 Å². The minimum Gasteiger partial charge on any atom is -0.300 e. The normalized spacial score (nSPS) is 20.1. The maximum absolute atomic E-state index is 13.3. The lowest BCUT2D eigenvalue weighted by molar-refractivity contribution is -0.126. The Morgan fingerprint density at radius 2 is 1.44 bits per heavy atom. The van der Waals surface area contributed by atoms with E-state index in [0.717, 1.165) is 42.6 Å². The molecule has 1 aliphatic rings. The number of amides is 1. The highest BCUT2D eigenvalue weighted by molar-refractivity contribution is 6.02. The van der Waals surface area contributed by atoms with E-state index in [1.54, 1.807) is 6.92 Å². The first kappa shape index (κ1) is 17.4. The zero-order valence-corrected chi connectivity index (χ0v) is 14.9. The van der Waals surface area contributed by atoms with Crippen LogP contribution in [0.4, 0.5) is 11.4 Å². The van der Waals surface area contributed by atoms with Crippen molar-refractivity contribution < 1.29 is 9.59 Å². The van der Waals surface area contributed by atoms with Crippen LogP contribution in [-0.4, -0.2) is 11.7 Å². The Balaban J connectivity index is 1.87. The van der Waals surface area contributed by atoms with Gasteiger partial charge in [-0.2, -0.15) is 0 Å². The molecule has 3 rings (SSSR count). The fraction of sp³-hybridized carbons (Fsp3) is 0.364. The van der Waals surface area contributed by atoms with Crippen molar-refractivity contribution in [3.05, 3.63) is 60.2 Å². The molecule has 0 bridgehead atoms. The first-order chi connectivity index (χ1) is 12.1. The van der Waals surface area contributed by atoms with Crippen molar-refractivity contribution in [3.63, 3.8) is 0 Å². The molecule has 2 aromatic carbocycles. The third-order valence-corrected chi connectivity index (χ3v) is 5.15. The van der Waals surface area contributed by atoms with Gasteiger partial charge in [-0.1, -0.05) is 30.3 Å². The maximum Gasteiger partial charge on any atom is 0.234 e. The number of para-hydroxylation sites is 1. The smallest absolute Gasteiger partial charge is 0.234 e. The number of carbonyl (C=O) groups is 2. The van der Waals surface area contributed by atoms with E-state index in [2.05, 4.69) is 0 Å².